The zero-order valence-electron chi connectivity index (χ0n) is 14.8. The first-order valence-corrected chi connectivity index (χ1v) is 10.4. The molecule has 4 rings (SSSR count). The molecule has 1 aliphatic heterocycles. The average Bonchev–Trinajstić information content (AvgIpc) is 2.93. The molecule has 2 heterocycles. The summed E-state index contributed by atoms with van der Waals surface area (Å²) >= 11 is 0. The van der Waals surface area contributed by atoms with Gasteiger partial charge in [0.2, 0.25) is 0 Å². The van der Waals surface area contributed by atoms with Crippen molar-refractivity contribution >= 4 is 26.6 Å². The van der Waals surface area contributed by atoms with Gasteiger partial charge < -0.3 is 10.5 Å². The number of primary amides is 1. The number of carbonyl (C=O) groups excluding carboxylic acids is 1. The molecule has 2 aromatic rings. The van der Waals surface area contributed by atoms with E-state index in [9.17, 15) is 18.0 Å². The zero-order valence-corrected chi connectivity index (χ0v) is 15.7. The Balaban J connectivity index is 1.99. The van der Waals surface area contributed by atoms with Crippen molar-refractivity contribution in [2.24, 2.45) is 5.73 Å². The molecule has 1 unspecified atom stereocenters. The third-order valence-electron chi connectivity index (χ3n) is 5.63. The number of methoxy groups -OCH3 is 1. The van der Waals surface area contributed by atoms with Crippen molar-refractivity contribution < 1.29 is 17.9 Å². The Morgan fingerprint density at radius 1 is 1.30 bits per heavy atom. The van der Waals surface area contributed by atoms with Crippen LogP contribution in [0.2, 0.25) is 0 Å². The van der Waals surface area contributed by atoms with Crippen LogP contribution in [0.1, 0.15) is 41.2 Å². The van der Waals surface area contributed by atoms with Crippen molar-refractivity contribution in [3.05, 3.63) is 57.2 Å². The molecule has 1 saturated carbocycles. The second-order valence-corrected chi connectivity index (χ2v) is 9.08. The van der Waals surface area contributed by atoms with Gasteiger partial charge in [0.15, 0.2) is 9.84 Å². The van der Waals surface area contributed by atoms with E-state index in [2.05, 4.69) is 0 Å². The summed E-state index contributed by atoms with van der Waals surface area (Å²) in [4.78, 5) is 24.7. The van der Waals surface area contributed by atoms with E-state index >= 15 is 0 Å². The standard InChI is InChI=1S/C19H20N2O5S/c1-26-19(6-2-7-19)13-4-3-12-9-15(17(20)22)18(23)21(16(12)10-13)14-5-8-27(24,25)11-14/h3-5,8-10,14H,2,6-7,11H2,1H3,(H2,20,22). The van der Waals surface area contributed by atoms with Crippen molar-refractivity contribution in [3.63, 3.8) is 0 Å². The molecule has 1 fully saturated rings. The lowest BCUT2D eigenvalue weighted by Crippen LogP contribution is -2.36. The van der Waals surface area contributed by atoms with Crippen molar-refractivity contribution in [2.45, 2.75) is 30.9 Å². The number of nitrogens with zero attached hydrogens (tertiary/aromatic N) is 1. The van der Waals surface area contributed by atoms with Gasteiger partial charge in [-0.1, -0.05) is 12.1 Å². The van der Waals surface area contributed by atoms with Gasteiger partial charge in [0, 0.05) is 12.5 Å². The Bertz CT molecular complexity index is 1140. The molecule has 0 spiro atoms. The normalized spacial score (nSPS) is 22.6. The fourth-order valence-corrected chi connectivity index (χ4v) is 5.22. The number of hydrogen-bond acceptors (Lipinski definition) is 5. The van der Waals surface area contributed by atoms with E-state index in [-0.39, 0.29) is 16.9 Å². The number of hydrogen-bond donors (Lipinski definition) is 1. The Morgan fingerprint density at radius 2 is 2.04 bits per heavy atom. The molecule has 27 heavy (non-hydrogen) atoms. The highest BCUT2D eigenvalue weighted by Gasteiger charge is 2.39. The van der Waals surface area contributed by atoms with Crippen molar-refractivity contribution in [1.29, 1.82) is 0 Å². The third-order valence-corrected chi connectivity index (χ3v) is 7.00. The van der Waals surface area contributed by atoms with E-state index in [1.54, 1.807) is 7.11 Å². The predicted octanol–water partition coefficient (Wildman–Crippen LogP) is 1.61. The second kappa shape index (κ2) is 6.03. The van der Waals surface area contributed by atoms with Gasteiger partial charge in [0.25, 0.3) is 11.5 Å². The van der Waals surface area contributed by atoms with Gasteiger partial charge in [-0.25, -0.2) is 8.42 Å². The fraction of sp³-hybridized carbons (Fsp3) is 0.368. The number of carbonyl (C=O) groups is 1. The quantitative estimate of drug-likeness (QED) is 0.856. The molecule has 7 nitrogen and oxygen atoms in total. The van der Waals surface area contributed by atoms with E-state index in [1.807, 2.05) is 18.2 Å². The van der Waals surface area contributed by atoms with E-state index in [0.29, 0.717) is 10.9 Å². The number of pyridine rings is 1. The molecular formula is C19H20N2O5S. The Kier molecular flexibility index (Phi) is 4.01. The van der Waals surface area contributed by atoms with Crippen LogP contribution in [0.15, 0.2) is 40.5 Å². The van der Waals surface area contributed by atoms with Gasteiger partial charge in [-0.3, -0.25) is 14.2 Å². The number of benzene rings is 1. The first-order chi connectivity index (χ1) is 12.8. The van der Waals surface area contributed by atoms with Crippen LogP contribution in [0.5, 0.6) is 0 Å². The molecule has 142 valence electrons. The average molecular weight is 388 g/mol. The predicted molar refractivity (Wildman–Crippen MR) is 101 cm³/mol. The van der Waals surface area contributed by atoms with Crippen molar-refractivity contribution in [3.8, 4) is 0 Å². The zero-order chi connectivity index (χ0) is 19.4. The molecular weight excluding hydrogens is 368 g/mol. The molecule has 8 heteroatoms. The van der Waals surface area contributed by atoms with Gasteiger partial charge in [0.05, 0.1) is 22.9 Å². The first-order valence-electron chi connectivity index (χ1n) is 8.72. The minimum Gasteiger partial charge on any atom is -0.374 e. The SMILES string of the molecule is COC1(c2ccc3cc(C(N)=O)c(=O)n(C4C=CS(=O)(=O)C4)c3c2)CCC1. The number of fused-ring (bicyclic) bond motifs is 1. The lowest BCUT2D eigenvalue weighted by atomic mass is 9.74. The fourth-order valence-electron chi connectivity index (χ4n) is 3.95. The van der Waals surface area contributed by atoms with Gasteiger partial charge in [0.1, 0.15) is 5.56 Å². The molecule has 0 saturated heterocycles. The molecule has 1 aliphatic carbocycles. The summed E-state index contributed by atoms with van der Waals surface area (Å²) in [6, 6.07) is 6.39. The van der Waals surface area contributed by atoms with Crippen LogP contribution in [0.3, 0.4) is 0 Å². The molecule has 1 amide bonds. The molecule has 0 radical (unpaired) electrons. The molecule has 0 bridgehead atoms. The first kappa shape index (κ1) is 17.9. The number of aromatic nitrogens is 1. The molecule has 2 aliphatic rings. The van der Waals surface area contributed by atoms with E-state index in [4.69, 9.17) is 10.5 Å². The minimum absolute atomic E-state index is 0.155. The van der Waals surface area contributed by atoms with Gasteiger partial charge in [-0.2, -0.15) is 0 Å². The topological polar surface area (TPSA) is 108 Å². The van der Waals surface area contributed by atoms with E-state index in [0.717, 1.165) is 30.2 Å². The number of amides is 1. The van der Waals surface area contributed by atoms with Crippen molar-refractivity contribution in [2.75, 3.05) is 12.9 Å². The summed E-state index contributed by atoms with van der Waals surface area (Å²) in [5.41, 5.74) is 5.76. The lowest BCUT2D eigenvalue weighted by molar-refractivity contribution is -0.0777. The van der Waals surface area contributed by atoms with Crippen molar-refractivity contribution in [1.82, 2.24) is 4.57 Å². The van der Waals surface area contributed by atoms with Crippen LogP contribution < -0.4 is 11.3 Å². The Morgan fingerprint density at radius 3 is 2.56 bits per heavy atom. The molecule has 1 atom stereocenters. The second-order valence-electron chi connectivity index (χ2n) is 7.15. The number of sulfone groups is 1. The van der Waals surface area contributed by atoms with Crippen LogP contribution in [0.4, 0.5) is 0 Å². The summed E-state index contributed by atoms with van der Waals surface area (Å²) in [7, 11) is -1.71. The largest absolute Gasteiger partial charge is 0.374 e. The number of ether oxygens (including phenoxy) is 1. The van der Waals surface area contributed by atoms with Crippen LogP contribution >= 0.6 is 0 Å². The Labute approximate surface area is 156 Å². The maximum absolute atomic E-state index is 12.9. The van der Waals surface area contributed by atoms with Crippen LogP contribution in [0, 0.1) is 0 Å². The van der Waals surface area contributed by atoms with Gasteiger partial charge in [-0.15, -0.1) is 0 Å². The maximum Gasteiger partial charge on any atom is 0.264 e. The minimum atomic E-state index is -3.38. The Hall–Kier alpha value is -2.45. The number of allylic oxidation sites excluding steroid dienone is 1. The maximum atomic E-state index is 12.9. The van der Waals surface area contributed by atoms with Crippen LogP contribution in [0.25, 0.3) is 10.9 Å². The highest BCUT2D eigenvalue weighted by molar-refractivity contribution is 7.94. The smallest absolute Gasteiger partial charge is 0.264 e. The highest BCUT2D eigenvalue weighted by Crippen LogP contribution is 2.45. The summed E-state index contributed by atoms with van der Waals surface area (Å²) in [6.07, 6.45) is 4.30. The monoisotopic (exact) mass is 388 g/mol. The summed E-state index contributed by atoms with van der Waals surface area (Å²) < 4.78 is 30.9. The van der Waals surface area contributed by atoms with E-state index < -0.39 is 27.3 Å². The number of nitrogens with two attached hydrogens (primary N) is 1. The van der Waals surface area contributed by atoms with Gasteiger partial charge >= 0.3 is 0 Å². The van der Waals surface area contributed by atoms with E-state index in [1.165, 1.54) is 16.7 Å². The molecule has 1 aromatic heterocycles. The summed E-state index contributed by atoms with van der Waals surface area (Å²) in [5.74, 6) is -1.05. The molecule has 1 aromatic carbocycles. The lowest BCUT2D eigenvalue weighted by Gasteiger charge is -2.41. The summed E-state index contributed by atoms with van der Waals surface area (Å²) in [5, 5.41) is 1.76. The van der Waals surface area contributed by atoms with Crippen LogP contribution in [-0.2, 0) is 20.2 Å². The van der Waals surface area contributed by atoms with Gasteiger partial charge in [-0.05, 0) is 48.4 Å². The molecule has 2 N–H and O–H groups in total. The summed E-state index contributed by atoms with van der Waals surface area (Å²) in [6.45, 7) is 0. The van der Waals surface area contributed by atoms with Crippen LogP contribution in [-0.4, -0.2) is 31.8 Å². The highest BCUT2D eigenvalue weighted by atomic mass is 32.2. The number of rotatable bonds is 4. The third kappa shape index (κ3) is 2.80.